The highest BCUT2D eigenvalue weighted by Gasteiger charge is 2.06. The second kappa shape index (κ2) is 5.94. The van der Waals surface area contributed by atoms with E-state index >= 15 is 0 Å². The number of carbonyl (C=O) groups is 1. The molecule has 0 bridgehead atoms. The molecule has 0 heterocycles. The predicted octanol–water partition coefficient (Wildman–Crippen LogP) is 2.58. The summed E-state index contributed by atoms with van der Waals surface area (Å²) in [5.74, 6) is 0.718. The number of amides is 1. The van der Waals surface area contributed by atoms with Crippen molar-refractivity contribution in [1.29, 1.82) is 0 Å². The average Bonchev–Trinajstić information content (AvgIpc) is 2.26. The summed E-state index contributed by atoms with van der Waals surface area (Å²) in [5.41, 5.74) is 6.96. The Kier molecular flexibility index (Phi) is 4.57. The third-order valence-electron chi connectivity index (χ3n) is 2.15. The molecule has 0 saturated carbocycles. The van der Waals surface area contributed by atoms with Crippen molar-refractivity contribution in [1.82, 2.24) is 0 Å². The number of nitrogens with two attached hydrogens (primary N) is 1. The molecule has 1 rings (SSSR count). The number of carbonyl (C=O) groups excluding carboxylic acids is 1. The molecule has 1 amide bonds. The largest absolute Gasteiger partial charge is 0.490 e. The smallest absolute Gasteiger partial charge is 0.404 e. The lowest BCUT2D eigenvalue weighted by Gasteiger charge is -2.13. The minimum absolute atomic E-state index is 0.273. The first-order valence-electron chi connectivity index (χ1n) is 5.34. The van der Waals surface area contributed by atoms with Crippen LogP contribution in [-0.4, -0.2) is 18.8 Å². The van der Waals surface area contributed by atoms with Gasteiger partial charge in [-0.1, -0.05) is 24.3 Å². The predicted molar refractivity (Wildman–Crippen MR) is 66.8 cm³/mol. The van der Waals surface area contributed by atoms with E-state index in [4.69, 9.17) is 15.2 Å². The van der Waals surface area contributed by atoms with Gasteiger partial charge in [0.2, 0.25) is 0 Å². The van der Waals surface area contributed by atoms with Gasteiger partial charge in [-0.3, -0.25) is 0 Å². The van der Waals surface area contributed by atoms with E-state index in [1.165, 1.54) is 0 Å². The summed E-state index contributed by atoms with van der Waals surface area (Å²) in [5, 5.41) is 0. The topological polar surface area (TPSA) is 61.6 Å². The standard InChI is InChI=1S/C13H17NO3/c1-9(2)11-4-6-12(7-5-11)16-8-10(3)17-13(14)15/h4-7,10H,1,8H2,2-3H3,(H2,14,15). The van der Waals surface area contributed by atoms with Crippen molar-refractivity contribution < 1.29 is 14.3 Å². The maximum atomic E-state index is 10.5. The zero-order valence-corrected chi connectivity index (χ0v) is 10.1. The molecule has 1 unspecified atom stereocenters. The van der Waals surface area contributed by atoms with E-state index in [0.717, 1.165) is 16.9 Å². The van der Waals surface area contributed by atoms with E-state index < -0.39 is 6.09 Å². The molecule has 0 saturated heterocycles. The maximum Gasteiger partial charge on any atom is 0.404 e. The van der Waals surface area contributed by atoms with Crippen molar-refractivity contribution in [3.8, 4) is 5.75 Å². The van der Waals surface area contributed by atoms with Crippen molar-refractivity contribution in [3.63, 3.8) is 0 Å². The van der Waals surface area contributed by atoms with Crippen molar-refractivity contribution >= 4 is 11.7 Å². The first-order valence-corrected chi connectivity index (χ1v) is 5.34. The SMILES string of the molecule is C=C(C)c1ccc(OCC(C)OC(N)=O)cc1. The average molecular weight is 235 g/mol. The van der Waals surface area contributed by atoms with Gasteiger partial charge in [0.1, 0.15) is 18.5 Å². The Hall–Kier alpha value is -1.97. The molecule has 0 aliphatic carbocycles. The summed E-state index contributed by atoms with van der Waals surface area (Å²) in [7, 11) is 0. The van der Waals surface area contributed by atoms with Crippen LogP contribution < -0.4 is 10.5 Å². The molecule has 4 heteroatoms. The number of rotatable bonds is 5. The Balaban J connectivity index is 2.47. The van der Waals surface area contributed by atoms with Crippen molar-refractivity contribution in [3.05, 3.63) is 36.4 Å². The summed E-state index contributed by atoms with van der Waals surface area (Å²) in [4.78, 5) is 10.5. The van der Waals surface area contributed by atoms with Crippen LogP contribution in [0.2, 0.25) is 0 Å². The quantitative estimate of drug-likeness (QED) is 0.853. The van der Waals surface area contributed by atoms with Gasteiger partial charge in [0.25, 0.3) is 0 Å². The Labute approximate surface area is 101 Å². The molecule has 4 nitrogen and oxygen atoms in total. The minimum atomic E-state index is -0.793. The molecular weight excluding hydrogens is 218 g/mol. The molecule has 0 aliphatic heterocycles. The van der Waals surface area contributed by atoms with Crippen LogP contribution in [0.15, 0.2) is 30.8 Å². The molecule has 0 spiro atoms. The molecule has 0 aliphatic rings. The van der Waals surface area contributed by atoms with Gasteiger partial charge < -0.3 is 15.2 Å². The van der Waals surface area contributed by atoms with E-state index in [1.54, 1.807) is 6.92 Å². The van der Waals surface area contributed by atoms with Gasteiger partial charge in [0, 0.05) is 0 Å². The fraction of sp³-hybridized carbons (Fsp3) is 0.308. The minimum Gasteiger partial charge on any atom is -0.490 e. The van der Waals surface area contributed by atoms with E-state index in [-0.39, 0.29) is 12.7 Å². The summed E-state index contributed by atoms with van der Waals surface area (Å²) < 4.78 is 10.2. The van der Waals surface area contributed by atoms with Crippen LogP contribution >= 0.6 is 0 Å². The van der Waals surface area contributed by atoms with Crippen LogP contribution in [0.3, 0.4) is 0 Å². The second-order valence-corrected chi connectivity index (χ2v) is 3.86. The Morgan fingerprint density at radius 3 is 2.47 bits per heavy atom. The lowest BCUT2D eigenvalue weighted by molar-refractivity contribution is 0.0823. The maximum absolute atomic E-state index is 10.5. The summed E-state index contributed by atoms with van der Waals surface area (Å²) in [6.07, 6.45) is -1.16. The van der Waals surface area contributed by atoms with Gasteiger partial charge in [-0.25, -0.2) is 4.79 Å². The molecule has 1 aromatic carbocycles. The first kappa shape index (κ1) is 13.1. The van der Waals surface area contributed by atoms with Crippen molar-refractivity contribution in [2.45, 2.75) is 20.0 Å². The lowest BCUT2D eigenvalue weighted by Crippen LogP contribution is -2.25. The number of ether oxygens (including phenoxy) is 2. The third-order valence-corrected chi connectivity index (χ3v) is 2.15. The Morgan fingerprint density at radius 2 is 2.00 bits per heavy atom. The molecule has 1 atom stereocenters. The second-order valence-electron chi connectivity index (χ2n) is 3.86. The van der Waals surface area contributed by atoms with E-state index in [2.05, 4.69) is 6.58 Å². The van der Waals surface area contributed by atoms with Gasteiger partial charge in [-0.05, 0) is 31.5 Å². The van der Waals surface area contributed by atoms with E-state index in [0.29, 0.717) is 0 Å². The molecule has 92 valence electrons. The van der Waals surface area contributed by atoms with Gasteiger partial charge in [-0.15, -0.1) is 0 Å². The number of hydrogen-bond acceptors (Lipinski definition) is 3. The Morgan fingerprint density at radius 1 is 1.41 bits per heavy atom. The third kappa shape index (κ3) is 4.59. The molecule has 17 heavy (non-hydrogen) atoms. The van der Waals surface area contributed by atoms with Crippen LogP contribution in [0.4, 0.5) is 4.79 Å². The highest BCUT2D eigenvalue weighted by Crippen LogP contribution is 2.17. The fourth-order valence-corrected chi connectivity index (χ4v) is 1.28. The summed E-state index contributed by atoms with van der Waals surface area (Å²) >= 11 is 0. The highest BCUT2D eigenvalue weighted by molar-refractivity contribution is 5.64. The number of allylic oxidation sites excluding steroid dienone is 1. The molecule has 0 aromatic heterocycles. The van der Waals surface area contributed by atoms with Crippen molar-refractivity contribution in [2.75, 3.05) is 6.61 Å². The van der Waals surface area contributed by atoms with Crippen LogP contribution in [0.1, 0.15) is 19.4 Å². The van der Waals surface area contributed by atoms with Crippen LogP contribution in [0.5, 0.6) is 5.75 Å². The normalized spacial score (nSPS) is 11.6. The van der Waals surface area contributed by atoms with Crippen LogP contribution in [0, 0.1) is 0 Å². The van der Waals surface area contributed by atoms with Gasteiger partial charge >= 0.3 is 6.09 Å². The fourth-order valence-electron chi connectivity index (χ4n) is 1.28. The number of benzene rings is 1. The van der Waals surface area contributed by atoms with Gasteiger partial charge in [0.15, 0.2) is 0 Å². The molecule has 1 aromatic rings. The highest BCUT2D eigenvalue weighted by atomic mass is 16.6. The lowest BCUT2D eigenvalue weighted by atomic mass is 10.1. The number of primary amides is 1. The molecule has 0 radical (unpaired) electrons. The summed E-state index contributed by atoms with van der Waals surface area (Å²) in [6.45, 7) is 7.78. The molecule has 0 fully saturated rings. The monoisotopic (exact) mass is 235 g/mol. The number of hydrogen-bond donors (Lipinski definition) is 1. The zero-order valence-electron chi connectivity index (χ0n) is 10.1. The summed E-state index contributed by atoms with van der Waals surface area (Å²) in [6, 6.07) is 7.55. The first-order chi connectivity index (χ1) is 7.99. The van der Waals surface area contributed by atoms with E-state index in [1.807, 2.05) is 31.2 Å². The van der Waals surface area contributed by atoms with Crippen molar-refractivity contribution in [2.24, 2.45) is 5.73 Å². The Bertz CT molecular complexity index is 398. The van der Waals surface area contributed by atoms with Gasteiger partial charge in [-0.2, -0.15) is 0 Å². The van der Waals surface area contributed by atoms with E-state index in [9.17, 15) is 4.79 Å². The van der Waals surface area contributed by atoms with Gasteiger partial charge in [0.05, 0.1) is 0 Å². The van der Waals surface area contributed by atoms with Crippen LogP contribution in [0.25, 0.3) is 5.57 Å². The van der Waals surface area contributed by atoms with Crippen LogP contribution in [-0.2, 0) is 4.74 Å². The molecule has 2 N–H and O–H groups in total. The molecular formula is C13H17NO3. The zero-order chi connectivity index (χ0) is 12.8.